The van der Waals surface area contributed by atoms with Crippen LogP contribution in [0.5, 0.6) is 0 Å². The molecule has 4 rings (SSSR count). The molecule has 8 heteroatoms. The number of hydrogen-bond donors (Lipinski definition) is 0. The third kappa shape index (κ3) is 6.35. The van der Waals surface area contributed by atoms with Crippen LogP contribution in [-0.2, 0) is 4.79 Å². The maximum Gasteiger partial charge on any atom is 0.389 e. The predicted molar refractivity (Wildman–Crippen MR) is 107 cm³/mol. The van der Waals surface area contributed by atoms with E-state index in [0.29, 0.717) is 0 Å². The molecule has 3 aromatic carbocycles. The van der Waals surface area contributed by atoms with E-state index in [1.54, 1.807) is 23.3 Å². The first-order chi connectivity index (χ1) is 14.7. The molecule has 1 heterocycles. The average molecular weight is 456 g/mol. The molecule has 0 unspecified atom stereocenters. The van der Waals surface area contributed by atoms with Gasteiger partial charge in [-0.05, 0) is 28.8 Å². The van der Waals surface area contributed by atoms with Crippen LogP contribution in [0.4, 0.5) is 5.69 Å². The Kier molecular flexibility index (Phi) is 7.40. The molecule has 0 bridgehead atoms. The maximum atomic E-state index is 12.2. The van der Waals surface area contributed by atoms with Gasteiger partial charge in [-0.2, -0.15) is 0 Å². The van der Waals surface area contributed by atoms with Crippen molar-refractivity contribution in [1.29, 1.82) is 0 Å². The van der Waals surface area contributed by atoms with Gasteiger partial charge in [-0.25, -0.2) is 23.4 Å². The minimum absolute atomic E-state index is 0.0141. The highest BCUT2D eigenvalue weighted by Gasteiger charge is 2.21. The molecule has 0 N–H and O–H groups in total. The number of hydrogen-bond acceptors (Lipinski definition) is 6. The first-order valence-electron chi connectivity index (χ1n) is 9.12. The second-order valence-electron chi connectivity index (χ2n) is 6.43. The van der Waals surface area contributed by atoms with E-state index in [1.807, 2.05) is 42.6 Å². The van der Waals surface area contributed by atoms with Crippen LogP contribution in [0.2, 0.25) is 0 Å². The van der Waals surface area contributed by atoms with Crippen LogP contribution < -0.4 is 18.6 Å². The second kappa shape index (κ2) is 10.0. The lowest BCUT2D eigenvalue weighted by atomic mass is 9.97. The van der Waals surface area contributed by atoms with Crippen molar-refractivity contribution in [2.45, 2.75) is 16.7 Å². The van der Waals surface area contributed by atoms with Crippen LogP contribution in [0.15, 0.2) is 94.7 Å². The Labute approximate surface area is 186 Å². The Hall–Kier alpha value is -2.78. The zero-order chi connectivity index (χ0) is 22.4. The quantitative estimate of drug-likeness (QED) is 0.326. The number of nitrogens with zero attached hydrogens (tertiary/aromatic N) is 1. The van der Waals surface area contributed by atoms with E-state index in [2.05, 4.69) is 48.5 Å². The first kappa shape index (κ1) is 22.9. The number of carbonyl (C=O) groups is 1. The zero-order valence-electron chi connectivity index (χ0n) is 16.4. The summed E-state index contributed by atoms with van der Waals surface area (Å²) in [6, 6.07) is 26.5. The maximum absolute atomic E-state index is 12.2. The van der Waals surface area contributed by atoms with Gasteiger partial charge < -0.3 is 0 Å². The number of fused-ring (bicyclic) bond motifs is 2. The topological polar surface area (TPSA) is 112 Å². The van der Waals surface area contributed by atoms with Gasteiger partial charge in [-0.15, -0.1) is 14.8 Å². The zero-order valence-corrected chi connectivity index (χ0v) is 18.0. The molecule has 0 fully saturated rings. The molecule has 0 aromatic heterocycles. The van der Waals surface area contributed by atoms with E-state index in [4.69, 9.17) is 18.6 Å². The van der Waals surface area contributed by atoms with Gasteiger partial charge in [-0.3, -0.25) is 0 Å². The number of benzene rings is 3. The van der Waals surface area contributed by atoms with Gasteiger partial charge in [0.05, 0.1) is 6.92 Å². The largest absolute Gasteiger partial charge is 0.389 e. The third-order valence-electron chi connectivity index (χ3n) is 4.34. The molecule has 158 valence electrons. The van der Waals surface area contributed by atoms with Crippen molar-refractivity contribution in [1.82, 2.24) is 0 Å². The van der Waals surface area contributed by atoms with Crippen molar-refractivity contribution >= 4 is 35.1 Å². The lowest BCUT2D eigenvalue weighted by Crippen LogP contribution is -2.68. The highest BCUT2D eigenvalue weighted by molar-refractivity contribution is 7.99. The molecule has 6 nitrogen and oxygen atoms in total. The predicted octanol–water partition coefficient (Wildman–Crippen LogP) is 0.788. The highest BCUT2D eigenvalue weighted by Crippen LogP contribution is 2.44. The van der Waals surface area contributed by atoms with Gasteiger partial charge in [0.25, 0.3) is 0 Å². The van der Waals surface area contributed by atoms with Gasteiger partial charge >= 0.3 is 5.91 Å². The first-order valence-corrected chi connectivity index (χ1v) is 11.2. The van der Waals surface area contributed by atoms with Crippen LogP contribution in [0.25, 0.3) is 5.57 Å². The van der Waals surface area contributed by atoms with Gasteiger partial charge in [0.15, 0.2) is 6.21 Å². The van der Waals surface area contributed by atoms with Crippen LogP contribution in [0.3, 0.4) is 0 Å². The number of para-hydroxylation sites is 1. The molecule has 0 radical (unpaired) electrons. The van der Waals surface area contributed by atoms with E-state index < -0.39 is 10.2 Å². The van der Waals surface area contributed by atoms with E-state index in [1.165, 1.54) is 20.9 Å². The van der Waals surface area contributed by atoms with Gasteiger partial charge in [0.2, 0.25) is 5.69 Å². The summed E-state index contributed by atoms with van der Waals surface area (Å²) < 4.78 is 35.7. The van der Waals surface area contributed by atoms with Crippen molar-refractivity contribution in [3.8, 4) is 0 Å². The summed E-state index contributed by atoms with van der Waals surface area (Å²) in [6.45, 7) is 1.58. The summed E-state index contributed by atoms with van der Waals surface area (Å²) in [5.41, 5.74) is 4.40. The van der Waals surface area contributed by atoms with E-state index in [0.717, 1.165) is 11.3 Å². The highest BCUT2D eigenvalue weighted by atomic mass is 35.7. The fourth-order valence-electron chi connectivity index (χ4n) is 3.11. The Morgan fingerprint density at radius 3 is 1.74 bits per heavy atom. The lowest BCUT2D eigenvalue weighted by molar-refractivity contribution is -2.00. The molecule has 0 saturated heterocycles. The number of amides is 1. The molecule has 0 spiro atoms. The SMILES string of the molecule is CC(=O)[N+](=CC=C1c2ccccc2Sc2ccccc21)c1ccccc1.[O-][Cl+3]([O-])([O-])[O-]. The molecule has 0 atom stereocenters. The number of rotatable bonds is 2. The minimum Gasteiger partial charge on any atom is -0.222 e. The summed E-state index contributed by atoms with van der Waals surface area (Å²) in [6.07, 6.45) is 3.92. The molecular weight excluding hydrogens is 438 g/mol. The standard InChI is InChI=1S/C23H18NOS.ClHO4/c1-17(25)24(18-9-3-2-4-10-18)16-15-19-20-11-5-7-13-22(20)26-23-14-8-6-12-21(19)23;2-1(3,4)5/h2-16H,1H3;(H,2,3,4,5)/q+1;/p-1. The number of carbonyl (C=O) groups excluding carboxylic acids is 1. The Morgan fingerprint density at radius 1 is 0.806 bits per heavy atom. The van der Waals surface area contributed by atoms with Crippen molar-refractivity contribution in [3.63, 3.8) is 0 Å². The van der Waals surface area contributed by atoms with Gasteiger partial charge in [-0.1, -0.05) is 66.4 Å². The van der Waals surface area contributed by atoms with Crippen molar-refractivity contribution < 1.29 is 38.2 Å². The minimum atomic E-state index is -4.94. The van der Waals surface area contributed by atoms with Crippen molar-refractivity contribution in [2.24, 2.45) is 0 Å². The molecule has 31 heavy (non-hydrogen) atoms. The van der Waals surface area contributed by atoms with E-state index in [-0.39, 0.29) is 5.91 Å². The Bertz CT molecular complexity index is 1090. The summed E-state index contributed by atoms with van der Waals surface area (Å²) in [4.78, 5) is 14.6. The Morgan fingerprint density at radius 2 is 1.26 bits per heavy atom. The van der Waals surface area contributed by atoms with Crippen molar-refractivity contribution in [2.75, 3.05) is 0 Å². The molecular formula is C23H18ClNO5S. The normalized spacial score (nSPS) is 12.8. The van der Waals surface area contributed by atoms with E-state index >= 15 is 0 Å². The fourth-order valence-corrected chi connectivity index (χ4v) is 4.22. The second-order valence-corrected chi connectivity index (χ2v) is 8.27. The molecule has 3 aromatic rings. The molecule has 0 saturated carbocycles. The lowest BCUT2D eigenvalue weighted by Gasteiger charge is -2.21. The fraction of sp³-hybridized carbons (Fsp3) is 0.0435. The van der Waals surface area contributed by atoms with Crippen molar-refractivity contribution in [3.05, 3.63) is 96.1 Å². The average Bonchev–Trinajstić information content (AvgIpc) is 2.72. The number of allylic oxidation sites excluding steroid dienone is 1. The monoisotopic (exact) mass is 455 g/mol. The summed E-state index contributed by atoms with van der Waals surface area (Å²) in [5, 5.41) is 0. The molecule has 1 aliphatic heterocycles. The smallest absolute Gasteiger partial charge is 0.222 e. The molecule has 0 aliphatic carbocycles. The summed E-state index contributed by atoms with van der Waals surface area (Å²) >= 11 is 1.79. The summed E-state index contributed by atoms with van der Waals surface area (Å²) in [7, 11) is -4.94. The van der Waals surface area contributed by atoms with Crippen LogP contribution in [-0.4, -0.2) is 16.7 Å². The Balaban J connectivity index is 0.000000491. The molecule has 1 aliphatic rings. The van der Waals surface area contributed by atoms with E-state index in [9.17, 15) is 4.79 Å². The van der Waals surface area contributed by atoms with Gasteiger partial charge in [0.1, 0.15) is 0 Å². The van der Waals surface area contributed by atoms with Crippen LogP contribution in [0, 0.1) is 10.2 Å². The molecule has 1 amide bonds. The summed E-state index contributed by atoms with van der Waals surface area (Å²) in [5.74, 6) is -0.0141. The third-order valence-corrected chi connectivity index (χ3v) is 5.49. The van der Waals surface area contributed by atoms with Gasteiger partial charge in [0, 0.05) is 28.0 Å². The van der Waals surface area contributed by atoms with Crippen LogP contribution >= 0.6 is 11.8 Å². The number of halogens is 1. The van der Waals surface area contributed by atoms with Crippen LogP contribution in [0.1, 0.15) is 18.1 Å².